The van der Waals surface area contributed by atoms with E-state index in [4.69, 9.17) is 10.5 Å². The number of carbonyl (C=O) groups excluding carboxylic acids is 1. The molecular formula is C14H19BrN2O2. The summed E-state index contributed by atoms with van der Waals surface area (Å²) in [6.45, 7) is 4.64. The van der Waals surface area contributed by atoms with Crippen LogP contribution in [-0.2, 0) is 9.53 Å². The van der Waals surface area contributed by atoms with E-state index < -0.39 is 5.41 Å². The molecule has 0 bridgehead atoms. The number of ether oxygens (including phenoxy) is 1. The molecule has 0 saturated carbocycles. The van der Waals surface area contributed by atoms with Gasteiger partial charge in [-0.2, -0.15) is 0 Å². The molecule has 2 unspecified atom stereocenters. The molecule has 3 N–H and O–H groups in total. The molecule has 0 radical (unpaired) electrons. The van der Waals surface area contributed by atoms with Crippen LogP contribution >= 0.6 is 15.9 Å². The van der Waals surface area contributed by atoms with E-state index in [9.17, 15) is 4.79 Å². The summed E-state index contributed by atoms with van der Waals surface area (Å²) in [4.78, 5) is 12.3. The van der Waals surface area contributed by atoms with Crippen LogP contribution in [-0.4, -0.2) is 25.2 Å². The molecule has 104 valence electrons. The highest BCUT2D eigenvalue weighted by atomic mass is 79.9. The molecule has 4 nitrogen and oxygen atoms in total. The first-order valence-electron chi connectivity index (χ1n) is 6.33. The van der Waals surface area contributed by atoms with Crippen molar-refractivity contribution in [3.8, 4) is 0 Å². The van der Waals surface area contributed by atoms with Crippen LogP contribution in [0.1, 0.15) is 25.5 Å². The maximum Gasteiger partial charge on any atom is 0.230 e. The quantitative estimate of drug-likeness (QED) is 0.892. The third kappa shape index (κ3) is 2.99. The average molecular weight is 327 g/mol. The van der Waals surface area contributed by atoms with Gasteiger partial charge in [-0.1, -0.05) is 28.1 Å². The maximum absolute atomic E-state index is 12.3. The summed E-state index contributed by atoms with van der Waals surface area (Å²) in [5.41, 5.74) is 6.38. The summed E-state index contributed by atoms with van der Waals surface area (Å²) < 4.78 is 6.33. The Balaban J connectivity index is 2.04. The Morgan fingerprint density at radius 2 is 2.16 bits per heavy atom. The molecule has 1 aliphatic heterocycles. The second kappa shape index (κ2) is 5.61. The first-order chi connectivity index (χ1) is 8.93. The molecule has 0 aromatic heterocycles. The summed E-state index contributed by atoms with van der Waals surface area (Å²) in [5, 5.41) is 3.01. The maximum atomic E-state index is 12.3. The summed E-state index contributed by atoms with van der Waals surface area (Å²) in [6, 6.07) is 7.61. The van der Waals surface area contributed by atoms with Crippen molar-refractivity contribution in [3.05, 3.63) is 34.3 Å². The predicted molar refractivity (Wildman–Crippen MR) is 77.6 cm³/mol. The van der Waals surface area contributed by atoms with E-state index in [1.54, 1.807) is 0 Å². The van der Waals surface area contributed by atoms with Crippen LogP contribution in [0, 0.1) is 5.41 Å². The van der Waals surface area contributed by atoms with E-state index in [-0.39, 0.29) is 18.0 Å². The topological polar surface area (TPSA) is 64.3 Å². The molecule has 0 aliphatic carbocycles. The minimum Gasteiger partial charge on any atom is -0.379 e. The number of halogens is 1. The van der Waals surface area contributed by atoms with Crippen LogP contribution in [0.25, 0.3) is 0 Å². The first kappa shape index (κ1) is 14.5. The van der Waals surface area contributed by atoms with Gasteiger partial charge in [-0.05, 0) is 31.5 Å². The Morgan fingerprint density at radius 3 is 2.68 bits per heavy atom. The summed E-state index contributed by atoms with van der Waals surface area (Å²) in [6.07, 6.45) is 0. The number of benzene rings is 1. The van der Waals surface area contributed by atoms with Gasteiger partial charge in [0, 0.05) is 10.5 Å². The molecule has 1 saturated heterocycles. The molecule has 1 heterocycles. The fourth-order valence-corrected chi connectivity index (χ4v) is 2.38. The number of hydrogen-bond donors (Lipinski definition) is 2. The van der Waals surface area contributed by atoms with Crippen molar-refractivity contribution in [2.75, 3.05) is 13.2 Å². The molecule has 1 aliphatic rings. The molecule has 19 heavy (non-hydrogen) atoms. The van der Waals surface area contributed by atoms with Crippen molar-refractivity contribution >= 4 is 21.8 Å². The lowest BCUT2D eigenvalue weighted by atomic mass is 9.84. The first-order valence-corrected chi connectivity index (χ1v) is 7.12. The van der Waals surface area contributed by atoms with E-state index in [1.807, 2.05) is 38.1 Å². The van der Waals surface area contributed by atoms with Crippen LogP contribution in [0.5, 0.6) is 0 Å². The molecule has 1 amide bonds. The van der Waals surface area contributed by atoms with Crippen LogP contribution in [0.3, 0.4) is 0 Å². The van der Waals surface area contributed by atoms with Crippen LogP contribution in [0.4, 0.5) is 0 Å². The molecule has 1 aromatic carbocycles. The normalized spacial score (nSPS) is 28.1. The van der Waals surface area contributed by atoms with Crippen molar-refractivity contribution in [1.82, 2.24) is 5.32 Å². The van der Waals surface area contributed by atoms with Gasteiger partial charge in [-0.25, -0.2) is 0 Å². The minimum atomic E-state index is -0.635. The number of hydrogen-bond acceptors (Lipinski definition) is 3. The van der Waals surface area contributed by atoms with E-state index in [0.29, 0.717) is 13.2 Å². The van der Waals surface area contributed by atoms with Gasteiger partial charge in [0.2, 0.25) is 5.91 Å². The molecule has 1 aromatic rings. The molecular weight excluding hydrogens is 308 g/mol. The Morgan fingerprint density at radius 1 is 1.53 bits per heavy atom. The van der Waals surface area contributed by atoms with Gasteiger partial charge in [-0.15, -0.1) is 0 Å². The van der Waals surface area contributed by atoms with Gasteiger partial charge in [0.1, 0.15) is 0 Å². The molecule has 0 spiro atoms. The van der Waals surface area contributed by atoms with Crippen molar-refractivity contribution in [3.63, 3.8) is 0 Å². The fourth-order valence-electron chi connectivity index (χ4n) is 2.12. The standard InChI is InChI=1S/C14H19BrN2O2/c1-9(10-3-5-11(15)6-4-10)17-13(18)14(2)8-19-7-12(14)16/h3-6,9,12H,7-8,16H2,1-2H3,(H,17,18)/t9-,12?,14?/m1/s1. The van der Waals surface area contributed by atoms with Crippen LogP contribution in [0.2, 0.25) is 0 Å². The Labute approximate surface area is 121 Å². The largest absolute Gasteiger partial charge is 0.379 e. The Hall–Kier alpha value is -0.910. The van der Waals surface area contributed by atoms with Crippen LogP contribution in [0.15, 0.2) is 28.7 Å². The van der Waals surface area contributed by atoms with Gasteiger partial charge < -0.3 is 15.8 Å². The number of amides is 1. The number of carbonyl (C=O) groups is 1. The van der Waals surface area contributed by atoms with Gasteiger partial charge in [0.25, 0.3) is 0 Å². The van der Waals surface area contributed by atoms with Gasteiger partial charge in [-0.3, -0.25) is 4.79 Å². The lowest BCUT2D eigenvalue weighted by molar-refractivity contribution is -0.131. The summed E-state index contributed by atoms with van der Waals surface area (Å²) >= 11 is 3.40. The zero-order chi connectivity index (χ0) is 14.0. The highest BCUT2D eigenvalue weighted by Gasteiger charge is 2.44. The SMILES string of the molecule is C[C@@H](NC(=O)C1(C)COCC1N)c1ccc(Br)cc1. The number of rotatable bonds is 3. The van der Waals surface area contributed by atoms with Crippen molar-refractivity contribution in [1.29, 1.82) is 0 Å². The molecule has 1 fully saturated rings. The smallest absolute Gasteiger partial charge is 0.230 e. The second-order valence-corrected chi connectivity index (χ2v) is 6.20. The molecule has 5 heteroatoms. The third-order valence-corrected chi connectivity index (χ3v) is 4.28. The van der Waals surface area contributed by atoms with Crippen molar-refractivity contribution in [2.24, 2.45) is 11.1 Å². The predicted octanol–water partition coefficient (Wildman–Crippen LogP) is 1.99. The van der Waals surface area contributed by atoms with Crippen molar-refractivity contribution in [2.45, 2.75) is 25.9 Å². The fraction of sp³-hybridized carbons (Fsp3) is 0.500. The highest BCUT2D eigenvalue weighted by Crippen LogP contribution is 2.28. The lowest BCUT2D eigenvalue weighted by Gasteiger charge is -2.27. The zero-order valence-electron chi connectivity index (χ0n) is 11.2. The number of nitrogens with one attached hydrogen (secondary N) is 1. The lowest BCUT2D eigenvalue weighted by Crippen LogP contribution is -2.50. The van der Waals surface area contributed by atoms with E-state index in [1.165, 1.54) is 0 Å². The summed E-state index contributed by atoms with van der Waals surface area (Å²) in [7, 11) is 0. The monoisotopic (exact) mass is 326 g/mol. The summed E-state index contributed by atoms with van der Waals surface area (Å²) in [5.74, 6) is -0.0482. The Bertz CT molecular complexity index is 463. The average Bonchev–Trinajstić information content (AvgIpc) is 2.71. The minimum absolute atomic E-state index is 0.0482. The molecule has 2 rings (SSSR count). The van der Waals surface area contributed by atoms with Crippen molar-refractivity contribution < 1.29 is 9.53 Å². The molecule has 3 atom stereocenters. The van der Waals surface area contributed by atoms with E-state index in [2.05, 4.69) is 21.2 Å². The highest BCUT2D eigenvalue weighted by molar-refractivity contribution is 9.10. The third-order valence-electron chi connectivity index (χ3n) is 3.75. The van der Waals surface area contributed by atoms with E-state index in [0.717, 1.165) is 10.0 Å². The zero-order valence-corrected chi connectivity index (χ0v) is 12.7. The van der Waals surface area contributed by atoms with Gasteiger partial charge in [0.05, 0.1) is 24.7 Å². The van der Waals surface area contributed by atoms with Gasteiger partial charge in [0.15, 0.2) is 0 Å². The number of nitrogens with two attached hydrogens (primary N) is 1. The second-order valence-electron chi connectivity index (χ2n) is 5.29. The van der Waals surface area contributed by atoms with E-state index >= 15 is 0 Å². The van der Waals surface area contributed by atoms with Crippen LogP contribution < -0.4 is 11.1 Å². The Kier molecular flexibility index (Phi) is 4.28. The van der Waals surface area contributed by atoms with Gasteiger partial charge >= 0.3 is 0 Å².